The van der Waals surface area contributed by atoms with Gasteiger partial charge >= 0.3 is 0 Å². The predicted molar refractivity (Wildman–Crippen MR) is 70.5 cm³/mol. The van der Waals surface area contributed by atoms with Crippen molar-refractivity contribution >= 4 is 0 Å². The lowest BCUT2D eigenvalue weighted by atomic mass is 9.76. The van der Waals surface area contributed by atoms with Gasteiger partial charge < -0.3 is 5.32 Å². The van der Waals surface area contributed by atoms with Gasteiger partial charge in [0.2, 0.25) is 0 Å². The molecule has 0 aromatic heterocycles. The van der Waals surface area contributed by atoms with E-state index in [4.69, 9.17) is 0 Å². The molecule has 0 aromatic carbocycles. The van der Waals surface area contributed by atoms with Crippen LogP contribution in [0.25, 0.3) is 0 Å². The average molecular weight is 223 g/mol. The van der Waals surface area contributed by atoms with Crippen LogP contribution >= 0.6 is 0 Å². The Balaban J connectivity index is 1.73. The summed E-state index contributed by atoms with van der Waals surface area (Å²) in [5, 5.41) is 3.71. The van der Waals surface area contributed by atoms with Crippen LogP contribution in [0.5, 0.6) is 0 Å². The van der Waals surface area contributed by atoms with E-state index in [0.717, 1.165) is 17.9 Å². The van der Waals surface area contributed by atoms with Gasteiger partial charge in [-0.25, -0.2) is 0 Å². The Morgan fingerprint density at radius 3 is 2.31 bits per heavy atom. The summed E-state index contributed by atoms with van der Waals surface area (Å²) in [6.45, 7) is 8.54. The lowest BCUT2D eigenvalue weighted by Gasteiger charge is -2.29. The van der Waals surface area contributed by atoms with Crippen LogP contribution in [0, 0.1) is 17.3 Å². The monoisotopic (exact) mass is 223 g/mol. The van der Waals surface area contributed by atoms with Gasteiger partial charge in [-0.3, -0.25) is 0 Å². The zero-order chi connectivity index (χ0) is 11.6. The molecular weight excluding hydrogens is 194 g/mol. The van der Waals surface area contributed by atoms with Gasteiger partial charge in [-0.1, -0.05) is 27.2 Å². The summed E-state index contributed by atoms with van der Waals surface area (Å²) in [5.41, 5.74) is 0.527. The van der Waals surface area contributed by atoms with Gasteiger partial charge in [0.15, 0.2) is 0 Å². The minimum atomic E-state index is 0.527. The fourth-order valence-electron chi connectivity index (χ4n) is 3.07. The second-order valence-corrected chi connectivity index (χ2v) is 7.12. The summed E-state index contributed by atoms with van der Waals surface area (Å²) in [7, 11) is 0. The summed E-state index contributed by atoms with van der Waals surface area (Å²) in [4.78, 5) is 0. The van der Waals surface area contributed by atoms with E-state index in [2.05, 4.69) is 26.1 Å². The molecule has 2 unspecified atom stereocenters. The molecule has 0 radical (unpaired) electrons. The maximum atomic E-state index is 3.71. The van der Waals surface area contributed by atoms with Crippen LogP contribution in [-0.4, -0.2) is 12.6 Å². The Hall–Kier alpha value is -0.0400. The predicted octanol–water partition coefficient (Wildman–Crippen LogP) is 3.98. The van der Waals surface area contributed by atoms with Crippen LogP contribution in [0.2, 0.25) is 0 Å². The molecule has 2 fully saturated rings. The summed E-state index contributed by atoms with van der Waals surface area (Å²) < 4.78 is 0. The minimum Gasteiger partial charge on any atom is -0.314 e. The smallest absolute Gasteiger partial charge is 0.00683 e. The van der Waals surface area contributed by atoms with Crippen molar-refractivity contribution in [3.05, 3.63) is 0 Å². The van der Waals surface area contributed by atoms with E-state index in [-0.39, 0.29) is 0 Å². The third-order valence-corrected chi connectivity index (χ3v) is 4.59. The molecule has 0 aliphatic heterocycles. The summed E-state index contributed by atoms with van der Waals surface area (Å²) in [6.07, 6.45) is 10.2. The van der Waals surface area contributed by atoms with Gasteiger partial charge in [-0.15, -0.1) is 0 Å². The molecule has 2 aliphatic rings. The molecule has 2 atom stereocenters. The van der Waals surface area contributed by atoms with Crippen molar-refractivity contribution in [3.63, 3.8) is 0 Å². The van der Waals surface area contributed by atoms with Crippen molar-refractivity contribution < 1.29 is 0 Å². The summed E-state index contributed by atoms with van der Waals surface area (Å²) >= 11 is 0. The first-order chi connectivity index (χ1) is 7.55. The highest BCUT2D eigenvalue weighted by atomic mass is 14.9. The molecule has 2 rings (SSSR count). The third-order valence-electron chi connectivity index (χ3n) is 4.59. The quantitative estimate of drug-likeness (QED) is 0.714. The molecule has 0 amide bonds. The lowest BCUT2D eigenvalue weighted by molar-refractivity contribution is 0.212. The molecule has 94 valence electrons. The van der Waals surface area contributed by atoms with Gasteiger partial charge in [0.25, 0.3) is 0 Å². The zero-order valence-corrected chi connectivity index (χ0v) is 11.4. The van der Waals surface area contributed by atoms with E-state index in [0.29, 0.717) is 5.41 Å². The van der Waals surface area contributed by atoms with Crippen LogP contribution in [-0.2, 0) is 0 Å². The molecule has 0 saturated heterocycles. The Labute approximate surface area is 101 Å². The Morgan fingerprint density at radius 2 is 1.69 bits per heavy atom. The van der Waals surface area contributed by atoms with Crippen molar-refractivity contribution in [1.29, 1.82) is 0 Å². The Bertz CT molecular complexity index is 212. The topological polar surface area (TPSA) is 12.0 Å². The standard InChI is InChI=1S/C15H29N/c1-15(2,3)13-6-4-5-12(7-8-13)11-16-14-9-10-14/h12-14,16H,4-11H2,1-3H3. The van der Waals surface area contributed by atoms with Crippen molar-refractivity contribution in [2.75, 3.05) is 6.54 Å². The fourth-order valence-corrected chi connectivity index (χ4v) is 3.07. The second-order valence-electron chi connectivity index (χ2n) is 7.12. The summed E-state index contributed by atoms with van der Waals surface area (Å²) in [5.74, 6) is 1.92. The molecule has 1 N–H and O–H groups in total. The van der Waals surface area contributed by atoms with Crippen LogP contribution in [0.3, 0.4) is 0 Å². The molecule has 0 spiro atoms. The summed E-state index contributed by atoms with van der Waals surface area (Å²) in [6, 6.07) is 0.890. The zero-order valence-electron chi connectivity index (χ0n) is 11.4. The molecule has 1 heteroatoms. The highest BCUT2D eigenvalue weighted by Crippen LogP contribution is 2.38. The van der Waals surface area contributed by atoms with Gasteiger partial charge in [0.05, 0.1) is 0 Å². The van der Waals surface area contributed by atoms with Crippen molar-refractivity contribution in [3.8, 4) is 0 Å². The average Bonchev–Trinajstić information content (AvgIpc) is 3.01. The Kier molecular flexibility index (Phi) is 3.94. The maximum Gasteiger partial charge on any atom is 0.00683 e. The first kappa shape index (κ1) is 12.4. The molecule has 0 aromatic rings. The first-order valence-corrected chi connectivity index (χ1v) is 7.29. The third kappa shape index (κ3) is 3.76. The van der Waals surface area contributed by atoms with Crippen LogP contribution in [0.15, 0.2) is 0 Å². The van der Waals surface area contributed by atoms with Gasteiger partial charge in [-0.05, 0) is 62.3 Å². The molecule has 1 nitrogen and oxygen atoms in total. The number of hydrogen-bond donors (Lipinski definition) is 1. The van der Waals surface area contributed by atoms with Gasteiger partial charge in [0.1, 0.15) is 0 Å². The van der Waals surface area contributed by atoms with E-state index >= 15 is 0 Å². The molecule has 0 heterocycles. The first-order valence-electron chi connectivity index (χ1n) is 7.29. The van der Waals surface area contributed by atoms with Crippen molar-refractivity contribution in [1.82, 2.24) is 5.32 Å². The molecule has 16 heavy (non-hydrogen) atoms. The minimum absolute atomic E-state index is 0.527. The molecular formula is C15H29N. The van der Waals surface area contributed by atoms with Crippen molar-refractivity contribution in [2.45, 2.75) is 71.8 Å². The van der Waals surface area contributed by atoms with E-state index < -0.39 is 0 Å². The van der Waals surface area contributed by atoms with Gasteiger partial charge in [0, 0.05) is 6.04 Å². The van der Waals surface area contributed by atoms with Crippen LogP contribution in [0.4, 0.5) is 0 Å². The number of nitrogens with one attached hydrogen (secondary N) is 1. The second kappa shape index (κ2) is 5.08. The fraction of sp³-hybridized carbons (Fsp3) is 1.00. The Morgan fingerprint density at radius 1 is 0.938 bits per heavy atom. The molecule has 2 aliphatic carbocycles. The maximum absolute atomic E-state index is 3.71. The highest BCUT2D eigenvalue weighted by molar-refractivity contribution is 4.84. The SMILES string of the molecule is CC(C)(C)C1CCCC(CNC2CC2)CC1. The van der Waals surface area contributed by atoms with E-state index in [1.807, 2.05) is 0 Å². The highest BCUT2D eigenvalue weighted by Gasteiger charge is 2.28. The van der Waals surface area contributed by atoms with E-state index in [1.54, 1.807) is 0 Å². The molecule has 2 saturated carbocycles. The largest absolute Gasteiger partial charge is 0.314 e. The van der Waals surface area contributed by atoms with E-state index in [1.165, 1.54) is 51.5 Å². The number of hydrogen-bond acceptors (Lipinski definition) is 1. The van der Waals surface area contributed by atoms with Crippen LogP contribution in [0.1, 0.15) is 65.7 Å². The number of rotatable bonds is 3. The normalized spacial score (nSPS) is 32.4. The molecule has 0 bridgehead atoms. The lowest BCUT2D eigenvalue weighted by Crippen LogP contribution is -2.25. The van der Waals surface area contributed by atoms with Gasteiger partial charge in [-0.2, -0.15) is 0 Å². The van der Waals surface area contributed by atoms with Crippen LogP contribution < -0.4 is 5.32 Å². The van der Waals surface area contributed by atoms with E-state index in [9.17, 15) is 0 Å². The van der Waals surface area contributed by atoms with Crippen molar-refractivity contribution in [2.24, 2.45) is 17.3 Å².